The van der Waals surface area contributed by atoms with Gasteiger partial charge in [0.1, 0.15) is 0 Å². The summed E-state index contributed by atoms with van der Waals surface area (Å²) in [6, 6.07) is 19.0. The molecule has 9 nitrogen and oxygen atoms in total. The number of carbonyl (C=O) groups is 3. The number of carbonyl (C=O) groups excluding carboxylic acids is 3. The van der Waals surface area contributed by atoms with Gasteiger partial charge in [0, 0.05) is 16.8 Å². The van der Waals surface area contributed by atoms with E-state index in [1.807, 2.05) is 37.3 Å². The standard InChI is InChI=1S/C25H23N5O4S/c1-16(17-9-11-19(12-10-17)28-24(33)27-18-6-3-2-4-7-18)26-22(31)14-20-15-35-25(29-20)30-23(32)21-8-5-13-34-21/h2-13,15-16H,14H2,1H3,(H,26,31)(H2,27,28,33)(H,29,30,32). The van der Waals surface area contributed by atoms with Gasteiger partial charge in [-0.05, 0) is 48.9 Å². The van der Waals surface area contributed by atoms with Gasteiger partial charge in [-0.1, -0.05) is 30.3 Å². The molecule has 0 saturated heterocycles. The van der Waals surface area contributed by atoms with Crippen LogP contribution in [0.15, 0.2) is 82.8 Å². The third kappa shape index (κ3) is 6.78. The monoisotopic (exact) mass is 489 g/mol. The first-order valence-electron chi connectivity index (χ1n) is 10.8. The molecule has 0 radical (unpaired) electrons. The maximum absolute atomic E-state index is 12.5. The molecule has 0 aliphatic rings. The molecule has 4 rings (SSSR count). The fourth-order valence-corrected chi connectivity index (χ4v) is 3.93. The molecule has 1 unspecified atom stereocenters. The van der Waals surface area contributed by atoms with Crippen LogP contribution in [0.3, 0.4) is 0 Å². The third-order valence-electron chi connectivity index (χ3n) is 4.94. The van der Waals surface area contributed by atoms with Crippen LogP contribution >= 0.6 is 11.3 Å². The van der Waals surface area contributed by atoms with Gasteiger partial charge in [0.25, 0.3) is 5.91 Å². The Morgan fingerprint density at radius 3 is 2.31 bits per heavy atom. The minimum Gasteiger partial charge on any atom is -0.459 e. The SMILES string of the molecule is CC(NC(=O)Cc1csc(NC(=O)c2ccco2)n1)c1ccc(NC(=O)Nc2ccccc2)cc1. The zero-order chi connectivity index (χ0) is 24.6. The molecule has 0 bridgehead atoms. The number of furan rings is 1. The molecule has 2 aromatic heterocycles. The van der Waals surface area contributed by atoms with E-state index in [1.54, 1.807) is 41.8 Å². The number of nitrogens with one attached hydrogen (secondary N) is 4. The zero-order valence-corrected chi connectivity index (χ0v) is 19.6. The van der Waals surface area contributed by atoms with Crippen LogP contribution in [0.25, 0.3) is 0 Å². The number of para-hydroxylation sites is 1. The van der Waals surface area contributed by atoms with Crippen LogP contribution in [-0.4, -0.2) is 22.8 Å². The molecule has 4 N–H and O–H groups in total. The van der Waals surface area contributed by atoms with Gasteiger partial charge in [-0.25, -0.2) is 9.78 Å². The Kier molecular flexibility index (Phi) is 7.53. The van der Waals surface area contributed by atoms with E-state index in [0.29, 0.717) is 22.2 Å². The first-order valence-corrected chi connectivity index (χ1v) is 11.7. The number of nitrogens with zero attached hydrogens (tertiary/aromatic N) is 1. The maximum atomic E-state index is 12.5. The number of amides is 4. The first kappa shape index (κ1) is 23.7. The van der Waals surface area contributed by atoms with Gasteiger partial charge in [0.05, 0.1) is 24.4 Å². The predicted molar refractivity (Wildman–Crippen MR) is 135 cm³/mol. The van der Waals surface area contributed by atoms with Crippen molar-refractivity contribution in [2.24, 2.45) is 0 Å². The van der Waals surface area contributed by atoms with E-state index in [2.05, 4.69) is 26.3 Å². The van der Waals surface area contributed by atoms with Gasteiger partial charge in [-0.3, -0.25) is 14.9 Å². The Morgan fingerprint density at radius 1 is 0.914 bits per heavy atom. The minimum atomic E-state index is -0.399. The molecule has 1 atom stereocenters. The lowest BCUT2D eigenvalue weighted by Gasteiger charge is -2.15. The Hall–Kier alpha value is -4.44. The summed E-state index contributed by atoms with van der Waals surface area (Å²) in [5, 5.41) is 13.2. The summed E-state index contributed by atoms with van der Waals surface area (Å²) in [6.07, 6.45) is 1.50. The van der Waals surface area contributed by atoms with Crippen molar-refractivity contribution in [1.82, 2.24) is 10.3 Å². The highest BCUT2D eigenvalue weighted by atomic mass is 32.1. The van der Waals surface area contributed by atoms with E-state index in [4.69, 9.17) is 4.42 Å². The van der Waals surface area contributed by atoms with Crippen molar-refractivity contribution in [1.29, 1.82) is 0 Å². The second kappa shape index (κ2) is 11.1. The number of hydrogen-bond donors (Lipinski definition) is 4. The van der Waals surface area contributed by atoms with Gasteiger partial charge < -0.3 is 20.4 Å². The molecule has 4 aromatic rings. The summed E-state index contributed by atoms with van der Waals surface area (Å²) in [7, 11) is 0. The lowest BCUT2D eigenvalue weighted by molar-refractivity contribution is -0.121. The summed E-state index contributed by atoms with van der Waals surface area (Å²) < 4.78 is 5.05. The average Bonchev–Trinajstić information content (AvgIpc) is 3.52. The molecule has 178 valence electrons. The van der Waals surface area contributed by atoms with E-state index in [-0.39, 0.29) is 30.2 Å². The second-order valence-electron chi connectivity index (χ2n) is 7.61. The van der Waals surface area contributed by atoms with Crippen molar-refractivity contribution in [2.75, 3.05) is 16.0 Å². The molecule has 2 heterocycles. The lowest BCUT2D eigenvalue weighted by atomic mass is 10.1. The Bertz CT molecular complexity index is 1290. The van der Waals surface area contributed by atoms with E-state index in [0.717, 1.165) is 5.56 Å². The number of anilines is 3. The van der Waals surface area contributed by atoms with E-state index >= 15 is 0 Å². The summed E-state index contributed by atoms with van der Waals surface area (Å²) in [5.41, 5.74) is 2.77. The lowest BCUT2D eigenvalue weighted by Crippen LogP contribution is -2.28. The normalized spacial score (nSPS) is 11.3. The van der Waals surface area contributed by atoms with Gasteiger partial charge in [-0.2, -0.15) is 0 Å². The van der Waals surface area contributed by atoms with Gasteiger partial charge in [-0.15, -0.1) is 11.3 Å². The van der Waals surface area contributed by atoms with Crippen molar-refractivity contribution in [2.45, 2.75) is 19.4 Å². The van der Waals surface area contributed by atoms with Crippen molar-refractivity contribution in [3.8, 4) is 0 Å². The number of aromatic nitrogens is 1. The minimum absolute atomic E-state index is 0.0801. The van der Waals surface area contributed by atoms with Crippen molar-refractivity contribution < 1.29 is 18.8 Å². The van der Waals surface area contributed by atoms with Gasteiger partial charge in [0.15, 0.2) is 10.9 Å². The smallest absolute Gasteiger partial charge is 0.323 e. The quantitative estimate of drug-likeness (QED) is 0.276. The van der Waals surface area contributed by atoms with Crippen LogP contribution in [-0.2, 0) is 11.2 Å². The number of rotatable bonds is 8. The highest BCUT2D eigenvalue weighted by Gasteiger charge is 2.15. The van der Waals surface area contributed by atoms with Gasteiger partial charge >= 0.3 is 6.03 Å². The predicted octanol–water partition coefficient (Wildman–Crippen LogP) is 5.05. The molecule has 35 heavy (non-hydrogen) atoms. The van der Waals surface area contributed by atoms with Crippen LogP contribution in [0.2, 0.25) is 0 Å². The molecule has 2 aromatic carbocycles. The molecule has 0 saturated carbocycles. The second-order valence-corrected chi connectivity index (χ2v) is 8.47. The molecule has 0 spiro atoms. The number of hydrogen-bond acceptors (Lipinski definition) is 6. The highest BCUT2D eigenvalue weighted by Crippen LogP contribution is 2.19. The Labute approximate surface area is 205 Å². The summed E-state index contributed by atoms with van der Waals surface area (Å²) in [4.78, 5) is 40.9. The third-order valence-corrected chi connectivity index (χ3v) is 5.74. The van der Waals surface area contributed by atoms with Crippen LogP contribution in [0, 0.1) is 0 Å². The average molecular weight is 490 g/mol. The summed E-state index contributed by atoms with van der Waals surface area (Å²) in [6.45, 7) is 1.87. The topological polar surface area (TPSA) is 125 Å². The number of thiazole rings is 1. The van der Waals surface area contributed by atoms with Crippen molar-refractivity contribution >= 4 is 45.7 Å². The Morgan fingerprint density at radius 2 is 1.63 bits per heavy atom. The first-order chi connectivity index (χ1) is 17.0. The summed E-state index contributed by atoms with van der Waals surface area (Å²) in [5.74, 6) is -0.410. The molecule has 0 aliphatic heterocycles. The fraction of sp³-hybridized carbons (Fsp3) is 0.120. The van der Waals surface area contributed by atoms with Gasteiger partial charge in [0.2, 0.25) is 5.91 Å². The van der Waals surface area contributed by atoms with Crippen LogP contribution in [0.5, 0.6) is 0 Å². The molecular weight excluding hydrogens is 466 g/mol. The van der Waals surface area contributed by atoms with E-state index < -0.39 is 5.91 Å². The zero-order valence-electron chi connectivity index (χ0n) is 18.8. The maximum Gasteiger partial charge on any atom is 0.323 e. The Balaban J connectivity index is 1.25. The summed E-state index contributed by atoms with van der Waals surface area (Å²) >= 11 is 1.23. The number of urea groups is 1. The molecule has 0 fully saturated rings. The van der Waals surface area contributed by atoms with Crippen molar-refractivity contribution in [3.05, 3.63) is 95.4 Å². The van der Waals surface area contributed by atoms with Crippen LogP contribution in [0.4, 0.5) is 21.3 Å². The molecule has 0 aliphatic carbocycles. The van der Waals surface area contributed by atoms with Crippen LogP contribution < -0.4 is 21.3 Å². The molecule has 4 amide bonds. The van der Waals surface area contributed by atoms with Crippen LogP contribution in [0.1, 0.15) is 34.8 Å². The fourth-order valence-electron chi connectivity index (χ4n) is 3.22. The highest BCUT2D eigenvalue weighted by molar-refractivity contribution is 7.14. The largest absolute Gasteiger partial charge is 0.459 e. The van der Waals surface area contributed by atoms with E-state index in [9.17, 15) is 14.4 Å². The van der Waals surface area contributed by atoms with E-state index in [1.165, 1.54) is 17.6 Å². The van der Waals surface area contributed by atoms with Crippen molar-refractivity contribution in [3.63, 3.8) is 0 Å². The number of benzene rings is 2. The molecule has 10 heteroatoms. The molecular formula is C25H23N5O4S.